The monoisotopic (exact) mass is 146 g/mol. The topological polar surface area (TPSA) is 17.8 Å². The number of aromatic nitrogens is 2. The van der Waals surface area contributed by atoms with E-state index in [9.17, 15) is 0 Å². The van der Waals surface area contributed by atoms with Crippen molar-refractivity contribution in [1.82, 2.24) is 9.55 Å². The second-order valence-corrected chi connectivity index (χ2v) is 2.59. The molecule has 1 heterocycles. The average molecular weight is 146 g/mol. The number of nitrogens with zero attached hydrogens (tertiary/aromatic N) is 2. The zero-order chi connectivity index (χ0) is 7.52. The van der Waals surface area contributed by atoms with Crippen LogP contribution < -0.4 is 0 Å². The van der Waals surface area contributed by atoms with Gasteiger partial charge >= 0.3 is 0 Å². The van der Waals surface area contributed by atoms with Crippen LogP contribution in [0.5, 0.6) is 0 Å². The zero-order valence-electron chi connectivity index (χ0n) is 6.27. The van der Waals surface area contributed by atoms with Gasteiger partial charge in [0.2, 0.25) is 0 Å². The summed E-state index contributed by atoms with van der Waals surface area (Å²) in [4.78, 5) is 4.00. The van der Waals surface area contributed by atoms with Crippen LogP contribution in [0.15, 0.2) is 36.9 Å². The summed E-state index contributed by atoms with van der Waals surface area (Å²) < 4.78 is 2.06. The summed E-state index contributed by atoms with van der Waals surface area (Å²) >= 11 is 0. The van der Waals surface area contributed by atoms with Crippen LogP contribution in [0.3, 0.4) is 0 Å². The lowest BCUT2D eigenvalue weighted by Crippen LogP contribution is -1.94. The SMILES string of the molecule is C1=CCCC(n2ccnc2)=C1. The van der Waals surface area contributed by atoms with Crippen molar-refractivity contribution in [2.45, 2.75) is 12.8 Å². The summed E-state index contributed by atoms with van der Waals surface area (Å²) in [6, 6.07) is 0. The molecule has 2 nitrogen and oxygen atoms in total. The Morgan fingerprint density at radius 3 is 3.09 bits per heavy atom. The lowest BCUT2D eigenvalue weighted by atomic mass is 10.1. The number of hydrogen-bond donors (Lipinski definition) is 0. The van der Waals surface area contributed by atoms with E-state index in [1.807, 2.05) is 12.5 Å². The highest BCUT2D eigenvalue weighted by Gasteiger charge is 1.99. The van der Waals surface area contributed by atoms with Crippen LogP contribution in [0.1, 0.15) is 12.8 Å². The molecule has 0 unspecified atom stereocenters. The summed E-state index contributed by atoms with van der Waals surface area (Å²) in [5.74, 6) is 0. The average Bonchev–Trinajstić information content (AvgIpc) is 2.58. The second kappa shape index (κ2) is 2.74. The molecule has 1 aromatic rings. The van der Waals surface area contributed by atoms with Crippen LogP contribution >= 0.6 is 0 Å². The number of imidazole rings is 1. The Kier molecular flexibility index (Phi) is 1.60. The van der Waals surface area contributed by atoms with Crippen molar-refractivity contribution in [1.29, 1.82) is 0 Å². The quantitative estimate of drug-likeness (QED) is 0.593. The molecule has 0 fully saturated rings. The molecule has 1 aromatic heterocycles. The molecule has 0 bridgehead atoms. The summed E-state index contributed by atoms with van der Waals surface area (Å²) in [5, 5.41) is 0. The van der Waals surface area contributed by atoms with Gasteiger partial charge in [-0.3, -0.25) is 0 Å². The van der Waals surface area contributed by atoms with E-state index >= 15 is 0 Å². The van der Waals surface area contributed by atoms with Gasteiger partial charge in [0, 0.05) is 18.1 Å². The number of rotatable bonds is 1. The molecule has 2 rings (SSSR count). The lowest BCUT2D eigenvalue weighted by molar-refractivity contribution is 0.939. The molecule has 1 aliphatic carbocycles. The first-order valence-corrected chi connectivity index (χ1v) is 3.81. The van der Waals surface area contributed by atoms with Crippen molar-refractivity contribution < 1.29 is 0 Å². The minimum absolute atomic E-state index is 1.12. The van der Waals surface area contributed by atoms with E-state index < -0.39 is 0 Å². The van der Waals surface area contributed by atoms with Crippen molar-refractivity contribution in [2.24, 2.45) is 0 Å². The van der Waals surface area contributed by atoms with Crippen LogP contribution in [-0.2, 0) is 0 Å². The van der Waals surface area contributed by atoms with Gasteiger partial charge in [0.05, 0.1) is 6.33 Å². The van der Waals surface area contributed by atoms with Crippen molar-refractivity contribution in [3.63, 3.8) is 0 Å². The first-order chi connectivity index (χ1) is 5.47. The smallest absolute Gasteiger partial charge is 0.0989 e. The van der Waals surface area contributed by atoms with E-state index in [-0.39, 0.29) is 0 Å². The summed E-state index contributed by atoms with van der Waals surface area (Å²) in [6.45, 7) is 0. The minimum Gasteiger partial charge on any atom is -0.310 e. The highest BCUT2D eigenvalue weighted by molar-refractivity contribution is 5.49. The maximum Gasteiger partial charge on any atom is 0.0989 e. The van der Waals surface area contributed by atoms with E-state index in [0.717, 1.165) is 12.8 Å². The Morgan fingerprint density at radius 1 is 1.45 bits per heavy atom. The Balaban J connectivity index is 2.29. The summed E-state index contributed by atoms with van der Waals surface area (Å²) in [5.41, 5.74) is 1.32. The van der Waals surface area contributed by atoms with Crippen LogP contribution in [-0.4, -0.2) is 9.55 Å². The second-order valence-electron chi connectivity index (χ2n) is 2.59. The van der Waals surface area contributed by atoms with Gasteiger partial charge < -0.3 is 4.57 Å². The lowest BCUT2D eigenvalue weighted by Gasteiger charge is -2.08. The largest absolute Gasteiger partial charge is 0.310 e. The molecule has 0 aliphatic heterocycles. The van der Waals surface area contributed by atoms with E-state index in [1.165, 1.54) is 5.70 Å². The fraction of sp³-hybridized carbons (Fsp3) is 0.222. The van der Waals surface area contributed by atoms with E-state index in [4.69, 9.17) is 0 Å². The molecular formula is C9H10N2. The Morgan fingerprint density at radius 2 is 2.45 bits per heavy atom. The highest BCUT2D eigenvalue weighted by atomic mass is 15.0. The Labute approximate surface area is 65.9 Å². The predicted octanol–water partition coefficient (Wildman–Crippen LogP) is 2.07. The van der Waals surface area contributed by atoms with Gasteiger partial charge in [-0.15, -0.1) is 0 Å². The standard InChI is InChI=1S/C9H10N2/c1-2-4-9(5-3-1)11-7-6-10-8-11/h1-2,4,6-8H,3,5H2. The van der Waals surface area contributed by atoms with Crippen LogP contribution in [0.25, 0.3) is 5.70 Å². The fourth-order valence-corrected chi connectivity index (χ4v) is 1.23. The third-order valence-corrected chi connectivity index (χ3v) is 1.83. The van der Waals surface area contributed by atoms with Gasteiger partial charge in [0.1, 0.15) is 0 Å². The number of allylic oxidation sites excluding steroid dienone is 4. The van der Waals surface area contributed by atoms with Crippen molar-refractivity contribution in [2.75, 3.05) is 0 Å². The molecule has 11 heavy (non-hydrogen) atoms. The molecule has 0 saturated heterocycles. The molecule has 0 amide bonds. The zero-order valence-corrected chi connectivity index (χ0v) is 6.27. The highest BCUT2D eigenvalue weighted by Crippen LogP contribution is 2.15. The van der Waals surface area contributed by atoms with Crippen LogP contribution in [0, 0.1) is 0 Å². The molecule has 0 atom stereocenters. The van der Waals surface area contributed by atoms with Crippen molar-refractivity contribution >= 4 is 5.70 Å². The molecule has 0 N–H and O–H groups in total. The van der Waals surface area contributed by atoms with E-state index in [0.29, 0.717) is 0 Å². The maximum absolute atomic E-state index is 4.00. The first kappa shape index (κ1) is 6.40. The third kappa shape index (κ3) is 1.24. The van der Waals surface area contributed by atoms with Crippen molar-refractivity contribution in [3.8, 4) is 0 Å². The molecule has 2 heteroatoms. The molecule has 56 valence electrons. The third-order valence-electron chi connectivity index (χ3n) is 1.83. The predicted molar refractivity (Wildman–Crippen MR) is 44.9 cm³/mol. The molecule has 0 saturated carbocycles. The first-order valence-electron chi connectivity index (χ1n) is 3.81. The summed E-state index contributed by atoms with van der Waals surface area (Å²) in [7, 11) is 0. The van der Waals surface area contributed by atoms with Gasteiger partial charge in [0.25, 0.3) is 0 Å². The van der Waals surface area contributed by atoms with Gasteiger partial charge in [-0.25, -0.2) is 4.98 Å². The Bertz CT molecular complexity index is 281. The Hall–Kier alpha value is -1.31. The summed E-state index contributed by atoms with van der Waals surface area (Å²) in [6.07, 6.45) is 14.3. The van der Waals surface area contributed by atoms with Gasteiger partial charge in [-0.1, -0.05) is 12.2 Å². The van der Waals surface area contributed by atoms with E-state index in [2.05, 4.69) is 27.8 Å². The minimum atomic E-state index is 1.12. The number of hydrogen-bond acceptors (Lipinski definition) is 1. The van der Waals surface area contributed by atoms with Crippen molar-refractivity contribution in [3.05, 3.63) is 36.9 Å². The molecule has 0 spiro atoms. The molecule has 0 radical (unpaired) electrons. The molecule has 0 aromatic carbocycles. The molecule has 1 aliphatic rings. The van der Waals surface area contributed by atoms with Gasteiger partial charge in [-0.05, 0) is 18.9 Å². The van der Waals surface area contributed by atoms with Gasteiger partial charge in [0.15, 0.2) is 0 Å². The van der Waals surface area contributed by atoms with Crippen LogP contribution in [0.2, 0.25) is 0 Å². The van der Waals surface area contributed by atoms with Crippen LogP contribution in [0.4, 0.5) is 0 Å². The molecular weight excluding hydrogens is 136 g/mol. The fourth-order valence-electron chi connectivity index (χ4n) is 1.23. The van der Waals surface area contributed by atoms with Gasteiger partial charge in [-0.2, -0.15) is 0 Å². The van der Waals surface area contributed by atoms with E-state index in [1.54, 1.807) is 6.20 Å². The maximum atomic E-state index is 4.00. The normalized spacial score (nSPS) is 16.5.